The summed E-state index contributed by atoms with van der Waals surface area (Å²) in [6.07, 6.45) is 0.104. The molecule has 1 aliphatic rings. The van der Waals surface area contributed by atoms with Gasteiger partial charge in [0.2, 0.25) is 11.8 Å². The maximum atomic E-state index is 11.9. The van der Waals surface area contributed by atoms with Gasteiger partial charge in [-0.05, 0) is 5.56 Å². The number of rotatable bonds is 4. The number of carbonyl (C=O) groups is 3. The number of nitrogens with one attached hydrogen (secondary N) is 2. The van der Waals surface area contributed by atoms with Crippen molar-refractivity contribution in [2.24, 2.45) is 5.92 Å². The molecule has 0 spiro atoms. The first-order chi connectivity index (χ1) is 9.08. The minimum atomic E-state index is -1.13. The molecule has 0 aromatic heterocycles. The van der Waals surface area contributed by atoms with Crippen molar-refractivity contribution in [2.45, 2.75) is 12.5 Å². The van der Waals surface area contributed by atoms with Crippen molar-refractivity contribution >= 4 is 17.8 Å². The molecular weight excluding hydrogens is 248 g/mol. The molecule has 19 heavy (non-hydrogen) atoms. The van der Waals surface area contributed by atoms with E-state index < -0.39 is 23.8 Å². The van der Waals surface area contributed by atoms with Gasteiger partial charge in [0.25, 0.3) is 0 Å². The third-order valence-corrected chi connectivity index (χ3v) is 3.01. The highest BCUT2D eigenvalue weighted by Gasteiger charge is 2.31. The number of hydrogen-bond donors (Lipinski definition) is 3. The van der Waals surface area contributed by atoms with Gasteiger partial charge in [0, 0.05) is 13.0 Å². The Bertz CT molecular complexity index is 501. The number of carboxylic acid groups (broad SMARTS) is 1. The summed E-state index contributed by atoms with van der Waals surface area (Å²) in [5.41, 5.74) is 0.501. The zero-order chi connectivity index (χ0) is 13.8. The van der Waals surface area contributed by atoms with Gasteiger partial charge in [0.05, 0.1) is 5.92 Å². The van der Waals surface area contributed by atoms with Crippen molar-refractivity contribution < 1.29 is 19.5 Å². The van der Waals surface area contributed by atoms with Gasteiger partial charge in [-0.1, -0.05) is 30.3 Å². The average Bonchev–Trinajstić information content (AvgIpc) is 2.83. The van der Waals surface area contributed by atoms with E-state index in [2.05, 4.69) is 10.6 Å². The second kappa shape index (κ2) is 5.51. The van der Waals surface area contributed by atoms with Crippen LogP contribution < -0.4 is 10.6 Å². The molecule has 2 amide bonds. The quantitative estimate of drug-likeness (QED) is 0.715. The van der Waals surface area contributed by atoms with Crippen LogP contribution in [-0.2, 0) is 14.4 Å². The molecule has 2 unspecified atom stereocenters. The molecule has 2 atom stereocenters. The Morgan fingerprint density at radius 1 is 1.32 bits per heavy atom. The fraction of sp³-hybridized carbons (Fsp3) is 0.308. The topological polar surface area (TPSA) is 95.5 Å². The third-order valence-electron chi connectivity index (χ3n) is 3.01. The molecule has 1 heterocycles. The summed E-state index contributed by atoms with van der Waals surface area (Å²) < 4.78 is 0. The summed E-state index contributed by atoms with van der Waals surface area (Å²) in [5, 5.41) is 14.2. The van der Waals surface area contributed by atoms with Crippen molar-refractivity contribution in [2.75, 3.05) is 6.54 Å². The van der Waals surface area contributed by atoms with E-state index in [1.807, 2.05) is 0 Å². The van der Waals surface area contributed by atoms with Crippen LogP contribution in [0.1, 0.15) is 18.0 Å². The molecule has 1 fully saturated rings. The van der Waals surface area contributed by atoms with Crippen molar-refractivity contribution in [3.8, 4) is 0 Å². The molecule has 0 bridgehead atoms. The number of carboxylic acids is 1. The molecule has 1 aliphatic heterocycles. The van der Waals surface area contributed by atoms with Gasteiger partial charge in [-0.3, -0.25) is 9.59 Å². The van der Waals surface area contributed by atoms with Gasteiger partial charge in [-0.25, -0.2) is 4.79 Å². The predicted molar refractivity (Wildman–Crippen MR) is 66.1 cm³/mol. The standard InChI is InChI=1S/C13H14N2O4/c16-10-6-9(7-14-10)12(17)15-11(13(18)19)8-4-2-1-3-5-8/h1-5,9,11H,6-7H2,(H,14,16)(H,15,17)(H,18,19). The minimum absolute atomic E-state index is 0.104. The fourth-order valence-corrected chi connectivity index (χ4v) is 1.98. The van der Waals surface area contributed by atoms with E-state index in [1.165, 1.54) is 0 Å². The molecule has 6 nitrogen and oxygen atoms in total. The van der Waals surface area contributed by atoms with Crippen LogP contribution in [0.5, 0.6) is 0 Å². The van der Waals surface area contributed by atoms with Crippen molar-refractivity contribution in [3.05, 3.63) is 35.9 Å². The Morgan fingerprint density at radius 3 is 2.53 bits per heavy atom. The van der Waals surface area contributed by atoms with Crippen LogP contribution >= 0.6 is 0 Å². The molecular formula is C13H14N2O4. The Balaban J connectivity index is 2.07. The van der Waals surface area contributed by atoms with Gasteiger partial charge in [0.1, 0.15) is 0 Å². The minimum Gasteiger partial charge on any atom is -0.479 e. The van der Waals surface area contributed by atoms with E-state index in [9.17, 15) is 19.5 Å². The maximum Gasteiger partial charge on any atom is 0.330 e. The predicted octanol–water partition coefficient (Wildman–Crippen LogP) is 0.0646. The second-order valence-electron chi connectivity index (χ2n) is 4.40. The molecule has 0 radical (unpaired) electrons. The van der Waals surface area contributed by atoms with Crippen molar-refractivity contribution in [3.63, 3.8) is 0 Å². The lowest BCUT2D eigenvalue weighted by Crippen LogP contribution is -2.38. The first-order valence-corrected chi connectivity index (χ1v) is 5.92. The number of benzene rings is 1. The Morgan fingerprint density at radius 2 is 2.00 bits per heavy atom. The normalized spacial score (nSPS) is 19.6. The van der Waals surface area contributed by atoms with Gasteiger partial charge >= 0.3 is 5.97 Å². The summed E-state index contributed by atoms with van der Waals surface area (Å²) in [7, 11) is 0. The molecule has 2 rings (SSSR count). The number of aliphatic carboxylic acids is 1. The summed E-state index contributed by atoms with van der Waals surface area (Å²) in [5.74, 6) is -2.24. The summed E-state index contributed by atoms with van der Waals surface area (Å²) in [4.78, 5) is 34.2. The van der Waals surface area contributed by atoms with Crippen molar-refractivity contribution in [1.29, 1.82) is 0 Å². The van der Waals surface area contributed by atoms with E-state index in [0.29, 0.717) is 5.56 Å². The van der Waals surface area contributed by atoms with E-state index in [-0.39, 0.29) is 18.9 Å². The first kappa shape index (κ1) is 13.1. The van der Waals surface area contributed by atoms with Crippen LogP contribution in [0.25, 0.3) is 0 Å². The lowest BCUT2D eigenvalue weighted by atomic mass is 10.0. The van der Waals surface area contributed by atoms with Crippen LogP contribution in [0.3, 0.4) is 0 Å². The number of carbonyl (C=O) groups excluding carboxylic acids is 2. The van der Waals surface area contributed by atoms with Crippen LogP contribution in [-0.4, -0.2) is 29.4 Å². The highest BCUT2D eigenvalue weighted by Crippen LogP contribution is 2.15. The molecule has 3 N–H and O–H groups in total. The molecule has 6 heteroatoms. The van der Waals surface area contributed by atoms with E-state index in [4.69, 9.17) is 0 Å². The molecule has 1 saturated heterocycles. The van der Waals surface area contributed by atoms with E-state index in [1.54, 1.807) is 30.3 Å². The first-order valence-electron chi connectivity index (χ1n) is 5.92. The molecule has 1 aromatic carbocycles. The van der Waals surface area contributed by atoms with E-state index >= 15 is 0 Å². The monoisotopic (exact) mass is 262 g/mol. The molecule has 0 aliphatic carbocycles. The van der Waals surface area contributed by atoms with Gasteiger partial charge < -0.3 is 15.7 Å². The Kier molecular flexibility index (Phi) is 3.79. The zero-order valence-electron chi connectivity index (χ0n) is 10.1. The van der Waals surface area contributed by atoms with E-state index in [0.717, 1.165) is 0 Å². The number of amides is 2. The highest BCUT2D eigenvalue weighted by atomic mass is 16.4. The van der Waals surface area contributed by atoms with Gasteiger partial charge in [-0.15, -0.1) is 0 Å². The smallest absolute Gasteiger partial charge is 0.330 e. The van der Waals surface area contributed by atoms with Crippen LogP contribution in [0, 0.1) is 5.92 Å². The van der Waals surface area contributed by atoms with Crippen LogP contribution in [0.2, 0.25) is 0 Å². The van der Waals surface area contributed by atoms with Gasteiger partial charge in [0.15, 0.2) is 6.04 Å². The lowest BCUT2D eigenvalue weighted by molar-refractivity contribution is -0.142. The Labute approximate surface area is 109 Å². The summed E-state index contributed by atoms with van der Waals surface area (Å²) >= 11 is 0. The lowest BCUT2D eigenvalue weighted by Gasteiger charge is -2.16. The third kappa shape index (κ3) is 3.09. The summed E-state index contributed by atoms with van der Waals surface area (Å²) in [6.45, 7) is 0.256. The summed E-state index contributed by atoms with van der Waals surface area (Å²) in [6, 6.07) is 7.36. The maximum absolute atomic E-state index is 11.9. The van der Waals surface area contributed by atoms with Gasteiger partial charge in [-0.2, -0.15) is 0 Å². The average molecular weight is 262 g/mol. The molecule has 1 aromatic rings. The molecule has 100 valence electrons. The SMILES string of the molecule is O=C1CC(C(=O)NC(C(=O)O)c2ccccc2)CN1. The fourth-order valence-electron chi connectivity index (χ4n) is 1.98. The Hall–Kier alpha value is -2.37. The largest absolute Gasteiger partial charge is 0.479 e. The second-order valence-corrected chi connectivity index (χ2v) is 4.40. The van der Waals surface area contributed by atoms with Crippen LogP contribution in [0.4, 0.5) is 0 Å². The number of hydrogen-bond acceptors (Lipinski definition) is 3. The molecule has 0 saturated carbocycles. The highest BCUT2D eigenvalue weighted by molar-refractivity contribution is 5.91. The van der Waals surface area contributed by atoms with Crippen molar-refractivity contribution in [1.82, 2.24) is 10.6 Å². The zero-order valence-corrected chi connectivity index (χ0v) is 10.1. The van der Waals surface area contributed by atoms with Crippen LogP contribution in [0.15, 0.2) is 30.3 Å².